The largest absolute Gasteiger partial charge is 0.396 e. The number of pyridine rings is 1. The number of benzene rings is 1. The van der Waals surface area contributed by atoms with Crippen molar-refractivity contribution >= 4 is 40.1 Å². The van der Waals surface area contributed by atoms with Crippen molar-refractivity contribution in [3.8, 4) is 0 Å². The number of nitrogens with one attached hydrogen (secondary N) is 1. The third-order valence-electron chi connectivity index (χ3n) is 5.83. The molecule has 2 aromatic rings. The number of aromatic nitrogens is 1. The van der Waals surface area contributed by atoms with E-state index in [1.165, 1.54) is 48.3 Å². The van der Waals surface area contributed by atoms with E-state index in [4.69, 9.17) is 17.3 Å². The second-order valence-electron chi connectivity index (χ2n) is 7.77. The van der Waals surface area contributed by atoms with Crippen LogP contribution in [0.25, 0.3) is 0 Å². The zero-order chi connectivity index (χ0) is 22.2. The van der Waals surface area contributed by atoms with Crippen molar-refractivity contribution in [1.29, 1.82) is 0 Å². The van der Waals surface area contributed by atoms with Crippen molar-refractivity contribution in [2.75, 3.05) is 18.6 Å². The topological polar surface area (TPSA) is 101 Å². The number of fused-ring (bicyclic) bond motifs is 1. The minimum Gasteiger partial charge on any atom is -0.396 e. The maximum Gasteiger partial charge on any atom is 0.274 e. The van der Waals surface area contributed by atoms with Gasteiger partial charge in [0.25, 0.3) is 5.91 Å². The third-order valence-corrected chi connectivity index (χ3v) is 7.42. The molecule has 6 nitrogen and oxygen atoms in total. The number of thioether (sulfide) groups is 1. The van der Waals surface area contributed by atoms with Gasteiger partial charge in [-0.2, -0.15) is 0 Å². The maximum absolute atomic E-state index is 14.9. The molecule has 1 saturated carbocycles. The number of anilines is 1. The molecule has 1 aromatic heterocycles. The van der Waals surface area contributed by atoms with Crippen LogP contribution in [0.1, 0.15) is 35.3 Å². The van der Waals surface area contributed by atoms with Gasteiger partial charge in [-0.25, -0.2) is 18.8 Å². The van der Waals surface area contributed by atoms with Crippen LogP contribution in [0.4, 0.5) is 14.5 Å². The van der Waals surface area contributed by atoms with Crippen LogP contribution in [0.15, 0.2) is 41.5 Å². The number of nitrogens with two attached hydrogens (primary N) is 1. The Kier molecular flexibility index (Phi) is 5.93. The van der Waals surface area contributed by atoms with Gasteiger partial charge >= 0.3 is 0 Å². The van der Waals surface area contributed by atoms with E-state index in [1.807, 2.05) is 0 Å². The number of rotatable bonds is 7. The average Bonchev–Trinajstić information content (AvgIpc) is 3.48. The lowest BCUT2D eigenvalue weighted by Crippen LogP contribution is -2.40. The van der Waals surface area contributed by atoms with Gasteiger partial charge in [0.1, 0.15) is 23.7 Å². The number of amides is 1. The predicted molar refractivity (Wildman–Crippen MR) is 118 cm³/mol. The first-order valence-electron chi connectivity index (χ1n) is 9.78. The van der Waals surface area contributed by atoms with Crippen molar-refractivity contribution in [2.24, 2.45) is 16.6 Å². The molecule has 1 amide bonds. The molecule has 31 heavy (non-hydrogen) atoms. The fourth-order valence-corrected chi connectivity index (χ4v) is 5.87. The van der Waals surface area contributed by atoms with Crippen LogP contribution >= 0.6 is 23.4 Å². The number of carbonyl (C=O) groups is 1. The van der Waals surface area contributed by atoms with E-state index >= 15 is 0 Å². The second-order valence-corrected chi connectivity index (χ2v) is 9.64. The highest BCUT2D eigenvalue weighted by atomic mass is 35.5. The van der Waals surface area contributed by atoms with Gasteiger partial charge in [0.15, 0.2) is 5.17 Å². The molecule has 1 aromatic carbocycles. The normalized spacial score (nSPS) is 26.7. The Morgan fingerprint density at radius 3 is 2.87 bits per heavy atom. The summed E-state index contributed by atoms with van der Waals surface area (Å²) in [6.45, 7) is -0.907. The van der Waals surface area contributed by atoms with Crippen LogP contribution in [0.5, 0.6) is 0 Å². The Labute approximate surface area is 187 Å². The van der Waals surface area contributed by atoms with E-state index in [2.05, 4.69) is 15.3 Å². The summed E-state index contributed by atoms with van der Waals surface area (Å²) in [4.78, 5) is 20.8. The summed E-state index contributed by atoms with van der Waals surface area (Å²) in [7, 11) is 0. The lowest BCUT2D eigenvalue weighted by Gasteiger charge is -2.35. The third kappa shape index (κ3) is 4.02. The highest BCUT2D eigenvalue weighted by Gasteiger charge is 2.67. The summed E-state index contributed by atoms with van der Waals surface area (Å²) >= 11 is 7.17. The lowest BCUT2D eigenvalue weighted by molar-refractivity contribution is 0.102. The summed E-state index contributed by atoms with van der Waals surface area (Å²) < 4.78 is 29.1. The number of hydrogen-bond acceptors (Lipinski definition) is 6. The molecule has 0 radical (unpaired) electrons. The van der Waals surface area contributed by atoms with Crippen LogP contribution in [0.3, 0.4) is 0 Å². The number of nitrogens with zero attached hydrogens (tertiary/aromatic N) is 2. The van der Waals surface area contributed by atoms with Gasteiger partial charge in [0.2, 0.25) is 0 Å². The smallest absolute Gasteiger partial charge is 0.274 e. The van der Waals surface area contributed by atoms with Crippen molar-refractivity contribution in [1.82, 2.24) is 4.98 Å². The molecule has 1 fully saturated rings. The summed E-state index contributed by atoms with van der Waals surface area (Å²) in [6.07, 6.45) is 3.15. The first-order valence-corrected chi connectivity index (χ1v) is 11.0. The van der Waals surface area contributed by atoms with Gasteiger partial charge in [-0.15, -0.1) is 0 Å². The van der Waals surface area contributed by atoms with E-state index in [-0.39, 0.29) is 33.7 Å². The number of halogens is 3. The van der Waals surface area contributed by atoms with Crippen LogP contribution in [-0.2, 0) is 5.54 Å². The number of amidine groups is 1. The molecule has 2 heterocycles. The quantitative estimate of drug-likeness (QED) is 0.575. The number of hydrogen-bond donors (Lipinski definition) is 3. The number of alkyl halides is 1. The van der Waals surface area contributed by atoms with Gasteiger partial charge in [-0.3, -0.25) is 4.79 Å². The van der Waals surface area contributed by atoms with Gasteiger partial charge in [-0.1, -0.05) is 23.4 Å². The molecule has 0 spiro atoms. The van der Waals surface area contributed by atoms with E-state index in [0.29, 0.717) is 30.0 Å². The fourth-order valence-electron chi connectivity index (χ4n) is 4.30. The SMILES string of the molecule is NC1=N[C@](CF)(c2cc(NC(=O)c3ccc(Cl)cn3)ccc2F)[C@@H]2C[C@]2(CCCO)S1. The summed E-state index contributed by atoms with van der Waals surface area (Å²) in [5.41, 5.74) is 5.04. The van der Waals surface area contributed by atoms with Crippen LogP contribution in [0.2, 0.25) is 5.02 Å². The summed E-state index contributed by atoms with van der Waals surface area (Å²) in [6, 6.07) is 6.99. The molecule has 10 heteroatoms. The molecule has 2 aliphatic rings. The molecule has 0 unspecified atom stereocenters. The minimum atomic E-state index is -1.46. The molecule has 3 atom stereocenters. The molecular weight excluding hydrogens is 446 g/mol. The number of carbonyl (C=O) groups excluding carboxylic acids is 1. The highest BCUT2D eigenvalue weighted by Crippen LogP contribution is 2.68. The molecule has 1 aliphatic heterocycles. The van der Waals surface area contributed by atoms with E-state index in [0.717, 1.165) is 0 Å². The second kappa shape index (κ2) is 8.37. The molecule has 0 saturated heterocycles. The van der Waals surface area contributed by atoms with Crippen molar-refractivity contribution in [3.63, 3.8) is 0 Å². The summed E-state index contributed by atoms with van der Waals surface area (Å²) in [5, 5.41) is 12.5. The van der Waals surface area contributed by atoms with Gasteiger partial charge in [0.05, 0.1) is 5.02 Å². The van der Waals surface area contributed by atoms with Gasteiger partial charge in [-0.05, 0) is 49.6 Å². The van der Waals surface area contributed by atoms with Crippen molar-refractivity contribution in [3.05, 3.63) is 58.6 Å². The molecule has 1 aliphatic carbocycles. The monoisotopic (exact) mass is 466 g/mol. The Morgan fingerprint density at radius 2 is 2.19 bits per heavy atom. The first-order chi connectivity index (χ1) is 14.8. The van der Waals surface area contributed by atoms with Crippen molar-refractivity contribution < 1.29 is 18.7 Å². The first kappa shape index (κ1) is 22.0. The maximum atomic E-state index is 14.9. The average molecular weight is 467 g/mol. The minimum absolute atomic E-state index is 0.0172. The Morgan fingerprint density at radius 1 is 1.39 bits per heavy atom. The van der Waals surface area contributed by atoms with Crippen LogP contribution in [0, 0.1) is 11.7 Å². The molecule has 4 rings (SSSR count). The number of aliphatic imine (C=N–C) groups is 1. The highest BCUT2D eigenvalue weighted by molar-refractivity contribution is 8.15. The van der Waals surface area contributed by atoms with Gasteiger partial charge < -0.3 is 16.2 Å². The summed E-state index contributed by atoms with van der Waals surface area (Å²) in [5.74, 6) is -1.38. The molecule has 0 bridgehead atoms. The van der Waals surface area contributed by atoms with E-state index < -0.39 is 23.9 Å². The fraction of sp³-hybridized carbons (Fsp3) is 0.381. The van der Waals surface area contributed by atoms with Crippen LogP contribution < -0.4 is 11.1 Å². The lowest BCUT2D eigenvalue weighted by atomic mass is 9.84. The Bertz CT molecular complexity index is 1040. The van der Waals surface area contributed by atoms with E-state index in [1.54, 1.807) is 0 Å². The van der Waals surface area contributed by atoms with Crippen molar-refractivity contribution in [2.45, 2.75) is 29.5 Å². The Hall–Kier alpha value is -2.23. The number of aliphatic hydroxyl groups is 1. The van der Waals surface area contributed by atoms with Crippen LogP contribution in [-0.4, -0.2) is 39.2 Å². The zero-order valence-corrected chi connectivity index (χ0v) is 18.0. The Balaban J connectivity index is 1.66. The molecule has 4 N–H and O–H groups in total. The standard InChI is InChI=1S/C21H21ClF2N4O2S/c22-12-2-5-16(26-10-12)18(30)27-13-3-4-15(24)14(8-13)21(11-23)17-9-20(17,6-1-7-29)31-19(25)28-21/h2-5,8,10,17,29H,1,6-7,9,11H2,(H2,25,28)(H,27,30)/t17-,20+,21-/m1/s1. The molecular formula is C21H21ClF2N4O2S. The number of aliphatic hydroxyl groups excluding tert-OH is 1. The van der Waals surface area contributed by atoms with E-state index in [9.17, 15) is 18.7 Å². The van der Waals surface area contributed by atoms with Gasteiger partial charge in [0, 0.05) is 34.7 Å². The zero-order valence-electron chi connectivity index (χ0n) is 16.4. The molecule has 164 valence electrons. The predicted octanol–water partition coefficient (Wildman–Crippen LogP) is 3.88.